The van der Waals surface area contributed by atoms with E-state index in [1.165, 1.54) is 7.11 Å². The zero-order valence-corrected chi connectivity index (χ0v) is 12.7. The number of nitrogens with zero attached hydrogens (tertiary/aromatic N) is 2. The van der Waals surface area contributed by atoms with E-state index < -0.39 is 0 Å². The van der Waals surface area contributed by atoms with Crippen molar-refractivity contribution in [1.82, 2.24) is 4.98 Å². The van der Waals surface area contributed by atoms with Gasteiger partial charge in [-0.25, -0.2) is 9.78 Å². The number of anilines is 1. The maximum absolute atomic E-state index is 11.8. The molecule has 0 atom stereocenters. The highest BCUT2D eigenvalue weighted by atomic mass is 16.7. The highest BCUT2D eigenvalue weighted by molar-refractivity contribution is 5.94. The summed E-state index contributed by atoms with van der Waals surface area (Å²) in [5, 5.41) is 0. The van der Waals surface area contributed by atoms with Crippen molar-refractivity contribution in [2.24, 2.45) is 5.92 Å². The second-order valence-electron chi connectivity index (χ2n) is 5.03. The molecule has 1 aromatic rings. The lowest BCUT2D eigenvalue weighted by Gasteiger charge is -2.35. The smallest absolute Gasteiger partial charge is 0.341 e. The Kier molecular flexibility index (Phi) is 5.52. The van der Waals surface area contributed by atoms with E-state index in [0.717, 1.165) is 25.9 Å². The van der Waals surface area contributed by atoms with E-state index >= 15 is 0 Å². The lowest BCUT2D eigenvalue weighted by molar-refractivity contribution is -0.141. The first kappa shape index (κ1) is 15.7. The molecule has 0 spiro atoms. The van der Waals surface area contributed by atoms with Crippen LogP contribution in [0.1, 0.15) is 23.2 Å². The van der Waals surface area contributed by atoms with Gasteiger partial charge in [0.15, 0.2) is 6.29 Å². The van der Waals surface area contributed by atoms with Crippen molar-refractivity contribution in [3.05, 3.63) is 23.9 Å². The van der Waals surface area contributed by atoms with E-state index in [2.05, 4.69) is 9.88 Å². The molecule has 0 aromatic carbocycles. The minimum absolute atomic E-state index is 0.170. The van der Waals surface area contributed by atoms with E-state index in [9.17, 15) is 4.79 Å². The van der Waals surface area contributed by atoms with Gasteiger partial charge in [-0.2, -0.15) is 0 Å². The zero-order chi connectivity index (χ0) is 15.2. The summed E-state index contributed by atoms with van der Waals surface area (Å²) in [6.45, 7) is 1.63. The van der Waals surface area contributed by atoms with Crippen molar-refractivity contribution in [3.8, 4) is 0 Å². The van der Waals surface area contributed by atoms with Gasteiger partial charge in [0.25, 0.3) is 0 Å². The molecule has 0 aliphatic carbocycles. The summed E-state index contributed by atoms with van der Waals surface area (Å²) >= 11 is 0. The molecule has 2 rings (SSSR count). The number of hydrogen-bond donors (Lipinski definition) is 0. The van der Waals surface area contributed by atoms with Crippen LogP contribution in [0.4, 0.5) is 5.82 Å². The Morgan fingerprint density at radius 1 is 1.29 bits per heavy atom. The van der Waals surface area contributed by atoms with Crippen LogP contribution < -0.4 is 4.90 Å². The Bertz CT molecular complexity index is 468. The minimum atomic E-state index is -0.355. The van der Waals surface area contributed by atoms with Crippen LogP contribution in [0.5, 0.6) is 0 Å². The van der Waals surface area contributed by atoms with Crippen LogP contribution in [0.25, 0.3) is 0 Å². The second-order valence-corrected chi connectivity index (χ2v) is 5.03. The molecule has 1 fully saturated rings. The highest BCUT2D eigenvalue weighted by Gasteiger charge is 2.28. The Morgan fingerprint density at radius 3 is 2.52 bits per heavy atom. The Balaban J connectivity index is 2.07. The van der Waals surface area contributed by atoms with Crippen LogP contribution >= 0.6 is 0 Å². The van der Waals surface area contributed by atoms with Crippen LogP contribution in [0, 0.1) is 5.92 Å². The number of carbonyl (C=O) groups is 1. The summed E-state index contributed by atoms with van der Waals surface area (Å²) in [6.07, 6.45) is 3.39. The van der Waals surface area contributed by atoms with Gasteiger partial charge in [-0.3, -0.25) is 0 Å². The van der Waals surface area contributed by atoms with E-state index in [-0.39, 0.29) is 12.3 Å². The molecule has 0 unspecified atom stereocenters. The third kappa shape index (κ3) is 3.51. The molecule has 116 valence electrons. The predicted octanol–water partition coefficient (Wildman–Crippen LogP) is 1.70. The van der Waals surface area contributed by atoms with Crippen molar-refractivity contribution >= 4 is 11.8 Å². The molecule has 1 aliphatic heterocycles. The van der Waals surface area contributed by atoms with Gasteiger partial charge in [0, 0.05) is 39.4 Å². The van der Waals surface area contributed by atoms with Crippen LogP contribution in [0.2, 0.25) is 0 Å². The lowest BCUT2D eigenvalue weighted by Crippen LogP contribution is -2.40. The van der Waals surface area contributed by atoms with E-state index in [4.69, 9.17) is 14.2 Å². The number of piperidine rings is 1. The number of esters is 1. The summed E-state index contributed by atoms with van der Waals surface area (Å²) < 4.78 is 15.5. The van der Waals surface area contributed by atoms with Gasteiger partial charge >= 0.3 is 5.97 Å². The average Bonchev–Trinajstić information content (AvgIpc) is 2.56. The lowest BCUT2D eigenvalue weighted by atomic mass is 9.96. The van der Waals surface area contributed by atoms with Crippen LogP contribution in [0.3, 0.4) is 0 Å². The molecular formula is C15H22N2O4. The Morgan fingerprint density at radius 2 is 1.95 bits per heavy atom. The van der Waals surface area contributed by atoms with Gasteiger partial charge in [0.1, 0.15) is 11.4 Å². The van der Waals surface area contributed by atoms with Gasteiger partial charge in [-0.05, 0) is 25.0 Å². The minimum Gasteiger partial charge on any atom is -0.465 e. The molecular weight excluding hydrogens is 272 g/mol. The van der Waals surface area contributed by atoms with Gasteiger partial charge < -0.3 is 19.1 Å². The predicted molar refractivity (Wildman–Crippen MR) is 78.3 cm³/mol. The first-order chi connectivity index (χ1) is 10.2. The molecule has 1 aromatic heterocycles. The molecule has 0 radical (unpaired) electrons. The fourth-order valence-electron chi connectivity index (χ4n) is 2.78. The SMILES string of the molecule is COC(=O)c1cccnc1N1CCC(C(OC)OC)CC1. The van der Waals surface area contributed by atoms with Crippen molar-refractivity contribution in [2.45, 2.75) is 19.1 Å². The molecule has 6 heteroatoms. The van der Waals surface area contributed by atoms with Gasteiger partial charge in [0.2, 0.25) is 0 Å². The average molecular weight is 294 g/mol. The number of methoxy groups -OCH3 is 3. The molecule has 6 nitrogen and oxygen atoms in total. The fraction of sp³-hybridized carbons (Fsp3) is 0.600. The van der Waals surface area contributed by atoms with Gasteiger partial charge in [-0.1, -0.05) is 0 Å². The molecule has 21 heavy (non-hydrogen) atoms. The number of pyridine rings is 1. The van der Waals surface area contributed by atoms with E-state index in [0.29, 0.717) is 17.3 Å². The van der Waals surface area contributed by atoms with Crippen molar-refractivity contribution in [1.29, 1.82) is 0 Å². The number of ether oxygens (including phenoxy) is 3. The zero-order valence-electron chi connectivity index (χ0n) is 12.7. The monoisotopic (exact) mass is 294 g/mol. The molecule has 0 bridgehead atoms. The normalized spacial score (nSPS) is 16.3. The Labute approximate surface area is 125 Å². The van der Waals surface area contributed by atoms with Crippen molar-refractivity contribution in [2.75, 3.05) is 39.3 Å². The van der Waals surface area contributed by atoms with Crippen LogP contribution in [-0.2, 0) is 14.2 Å². The third-order valence-corrected chi connectivity index (χ3v) is 3.88. The summed E-state index contributed by atoms with van der Waals surface area (Å²) in [4.78, 5) is 18.3. The molecule has 2 heterocycles. The molecule has 1 saturated heterocycles. The Hall–Kier alpha value is -1.66. The molecule has 0 saturated carbocycles. The maximum Gasteiger partial charge on any atom is 0.341 e. The molecule has 0 amide bonds. The van der Waals surface area contributed by atoms with E-state index in [1.807, 2.05) is 0 Å². The third-order valence-electron chi connectivity index (χ3n) is 3.88. The first-order valence-electron chi connectivity index (χ1n) is 7.05. The summed E-state index contributed by atoms with van der Waals surface area (Å²) in [7, 11) is 4.70. The number of carbonyl (C=O) groups excluding carboxylic acids is 1. The molecule has 0 N–H and O–H groups in total. The van der Waals surface area contributed by atoms with Gasteiger partial charge in [-0.15, -0.1) is 0 Å². The quantitative estimate of drug-likeness (QED) is 0.608. The number of rotatable bonds is 5. The summed E-state index contributed by atoms with van der Waals surface area (Å²) in [5.41, 5.74) is 0.508. The number of hydrogen-bond acceptors (Lipinski definition) is 6. The summed E-state index contributed by atoms with van der Waals surface area (Å²) in [5.74, 6) is 0.697. The van der Waals surface area contributed by atoms with E-state index in [1.54, 1.807) is 32.5 Å². The van der Waals surface area contributed by atoms with Gasteiger partial charge in [0.05, 0.1) is 7.11 Å². The van der Waals surface area contributed by atoms with Crippen LogP contribution in [-0.4, -0.2) is 51.7 Å². The second kappa shape index (κ2) is 7.38. The molecule has 1 aliphatic rings. The van der Waals surface area contributed by atoms with Crippen molar-refractivity contribution < 1.29 is 19.0 Å². The topological polar surface area (TPSA) is 60.9 Å². The summed E-state index contributed by atoms with van der Waals surface area (Å²) in [6, 6.07) is 3.49. The maximum atomic E-state index is 11.8. The van der Waals surface area contributed by atoms with Crippen molar-refractivity contribution in [3.63, 3.8) is 0 Å². The van der Waals surface area contributed by atoms with Crippen LogP contribution in [0.15, 0.2) is 18.3 Å². The highest BCUT2D eigenvalue weighted by Crippen LogP contribution is 2.27. The largest absolute Gasteiger partial charge is 0.465 e. The first-order valence-corrected chi connectivity index (χ1v) is 7.05. The standard InChI is InChI=1S/C15H22N2O4/c1-19-14(18)12-5-4-8-16-13(12)17-9-6-11(7-10-17)15(20-2)21-3/h4-5,8,11,15H,6-7,9-10H2,1-3H3. The fourth-order valence-corrected chi connectivity index (χ4v) is 2.78. The number of aromatic nitrogens is 1.